The SMILES string of the molecule is Fc1c(Cl)cc(C(F)(F)F)cc1-c1nc2ccccc2[nH]1. The van der Waals surface area contributed by atoms with Crippen LogP contribution in [0.5, 0.6) is 0 Å². The largest absolute Gasteiger partial charge is 0.416 e. The van der Waals surface area contributed by atoms with Gasteiger partial charge in [-0.3, -0.25) is 0 Å². The summed E-state index contributed by atoms with van der Waals surface area (Å²) in [5.74, 6) is -0.939. The number of rotatable bonds is 1. The minimum atomic E-state index is -4.61. The van der Waals surface area contributed by atoms with E-state index in [1.54, 1.807) is 24.3 Å². The molecule has 0 amide bonds. The Morgan fingerprint density at radius 2 is 1.81 bits per heavy atom. The number of fused-ring (bicyclic) bond motifs is 1. The number of nitrogens with zero attached hydrogens (tertiary/aromatic N) is 1. The number of imidazole rings is 1. The van der Waals surface area contributed by atoms with Crippen molar-refractivity contribution >= 4 is 22.6 Å². The van der Waals surface area contributed by atoms with Crippen LogP contribution < -0.4 is 0 Å². The normalized spacial score (nSPS) is 12.0. The molecule has 0 spiro atoms. The maximum absolute atomic E-state index is 14.0. The van der Waals surface area contributed by atoms with E-state index in [2.05, 4.69) is 9.97 Å². The number of aromatic nitrogens is 2. The van der Waals surface area contributed by atoms with E-state index in [-0.39, 0.29) is 11.4 Å². The molecule has 0 aliphatic rings. The average Bonchev–Trinajstić information content (AvgIpc) is 2.84. The number of aromatic amines is 1. The van der Waals surface area contributed by atoms with Crippen molar-refractivity contribution in [1.82, 2.24) is 9.97 Å². The maximum atomic E-state index is 14.0. The quantitative estimate of drug-likeness (QED) is 0.626. The maximum Gasteiger partial charge on any atom is 0.416 e. The van der Waals surface area contributed by atoms with Gasteiger partial charge in [0.1, 0.15) is 5.82 Å². The summed E-state index contributed by atoms with van der Waals surface area (Å²) in [6.45, 7) is 0. The van der Waals surface area contributed by atoms with E-state index < -0.39 is 22.6 Å². The minimum absolute atomic E-state index is 0.00157. The second-order valence-electron chi connectivity index (χ2n) is 4.42. The predicted molar refractivity (Wildman–Crippen MR) is 71.5 cm³/mol. The van der Waals surface area contributed by atoms with E-state index in [0.717, 1.165) is 0 Å². The Labute approximate surface area is 121 Å². The van der Waals surface area contributed by atoms with E-state index in [1.165, 1.54) is 0 Å². The van der Waals surface area contributed by atoms with Gasteiger partial charge in [0.05, 0.1) is 27.2 Å². The van der Waals surface area contributed by atoms with Crippen molar-refractivity contribution in [2.24, 2.45) is 0 Å². The summed E-state index contributed by atoms with van der Waals surface area (Å²) >= 11 is 5.56. The zero-order valence-corrected chi connectivity index (χ0v) is 11.1. The fourth-order valence-electron chi connectivity index (χ4n) is 2.01. The molecule has 108 valence electrons. The second-order valence-corrected chi connectivity index (χ2v) is 4.83. The minimum Gasteiger partial charge on any atom is -0.338 e. The standard InChI is InChI=1S/C14H7ClF4N2/c15-9-6-7(14(17,18)19)5-8(12(9)16)13-20-10-3-1-2-4-11(10)21-13/h1-6H,(H,20,21). The molecule has 3 rings (SSSR count). The lowest BCUT2D eigenvalue weighted by Gasteiger charge is -2.10. The highest BCUT2D eigenvalue weighted by Crippen LogP contribution is 2.36. The molecule has 2 aromatic carbocycles. The van der Waals surface area contributed by atoms with Crippen LogP contribution in [0.1, 0.15) is 5.56 Å². The van der Waals surface area contributed by atoms with Crippen molar-refractivity contribution in [3.63, 3.8) is 0 Å². The monoisotopic (exact) mass is 314 g/mol. The molecule has 3 aromatic rings. The Hall–Kier alpha value is -2.08. The zero-order chi connectivity index (χ0) is 15.2. The van der Waals surface area contributed by atoms with Crippen molar-refractivity contribution in [1.29, 1.82) is 0 Å². The van der Waals surface area contributed by atoms with Gasteiger partial charge in [-0.15, -0.1) is 0 Å². The third kappa shape index (κ3) is 2.47. The summed E-state index contributed by atoms with van der Waals surface area (Å²) in [6, 6.07) is 8.07. The molecule has 2 nitrogen and oxygen atoms in total. The van der Waals surface area contributed by atoms with Crippen LogP contribution in [0.4, 0.5) is 17.6 Å². The molecule has 0 bridgehead atoms. The lowest BCUT2D eigenvalue weighted by atomic mass is 10.1. The third-order valence-electron chi connectivity index (χ3n) is 3.00. The number of H-pyrrole nitrogens is 1. The van der Waals surface area contributed by atoms with Crippen LogP contribution in [0.15, 0.2) is 36.4 Å². The first kappa shape index (κ1) is 13.9. The Balaban J connectivity index is 2.23. The first-order valence-corrected chi connectivity index (χ1v) is 6.25. The molecule has 0 radical (unpaired) electrons. The fraction of sp³-hybridized carbons (Fsp3) is 0.0714. The molecule has 21 heavy (non-hydrogen) atoms. The van der Waals surface area contributed by atoms with Crippen LogP contribution in [-0.2, 0) is 6.18 Å². The fourth-order valence-corrected chi connectivity index (χ4v) is 2.22. The number of para-hydroxylation sites is 2. The van der Waals surface area contributed by atoms with Gasteiger partial charge in [0.15, 0.2) is 5.82 Å². The number of hydrogen-bond donors (Lipinski definition) is 1. The van der Waals surface area contributed by atoms with E-state index in [1.807, 2.05) is 0 Å². The lowest BCUT2D eigenvalue weighted by molar-refractivity contribution is -0.137. The molecule has 0 atom stereocenters. The number of benzene rings is 2. The van der Waals surface area contributed by atoms with E-state index in [9.17, 15) is 17.6 Å². The molecule has 7 heteroatoms. The van der Waals surface area contributed by atoms with Gasteiger partial charge in [-0.1, -0.05) is 23.7 Å². The molecule has 1 N–H and O–H groups in total. The van der Waals surface area contributed by atoms with Crippen molar-refractivity contribution < 1.29 is 17.6 Å². The third-order valence-corrected chi connectivity index (χ3v) is 3.28. The molecule has 0 saturated carbocycles. The van der Waals surface area contributed by atoms with Gasteiger partial charge in [-0.2, -0.15) is 13.2 Å². The zero-order valence-electron chi connectivity index (χ0n) is 10.3. The molecule has 0 aliphatic carbocycles. The first-order valence-electron chi connectivity index (χ1n) is 5.87. The summed E-state index contributed by atoms with van der Waals surface area (Å²) in [4.78, 5) is 6.87. The van der Waals surface area contributed by atoms with Crippen LogP contribution in [0, 0.1) is 5.82 Å². The number of alkyl halides is 3. The Kier molecular flexibility index (Phi) is 3.13. The summed E-state index contributed by atoms with van der Waals surface area (Å²) < 4.78 is 52.4. The Morgan fingerprint density at radius 1 is 1.10 bits per heavy atom. The highest BCUT2D eigenvalue weighted by molar-refractivity contribution is 6.31. The lowest BCUT2D eigenvalue weighted by Crippen LogP contribution is -2.06. The molecule has 0 fully saturated rings. The second kappa shape index (κ2) is 4.73. The van der Waals surface area contributed by atoms with Gasteiger partial charge in [0.2, 0.25) is 0 Å². The van der Waals surface area contributed by atoms with Crippen LogP contribution in [0.3, 0.4) is 0 Å². The first-order chi connectivity index (χ1) is 9.86. The molecule has 1 aromatic heterocycles. The molecule has 0 saturated heterocycles. The van der Waals surface area contributed by atoms with Gasteiger partial charge in [-0.05, 0) is 24.3 Å². The van der Waals surface area contributed by atoms with Gasteiger partial charge >= 0.3 is 6.18 Å². The van der Waals surface area contributed by atoms with Crippen LogP contribution >= 0.6 is 11.6 Å². The summed E-state index contributed by atoms with van der Waals surface area (Å²) in [7, 11) is 0. The van der Waals surface area contributed by atoms with Gasteiger partial charge in [0.25, 0.3) is 0 Å². The number of halogens is 5. The Morgan fingerprint density at radius 3 is 2.48 bits per heavy atom. The topological polar surface area (TPSA) is 28.7 Å². The summed E-state index contributed by atoms with van der Waals surface area (Å²) in [5, 5.41) is -0.597. The van der Waals surface area contributed by atoms with Crippen LogP contribution in [-0.4, -0.2) is 9.97 Å². The van der Waals surface area contributed by atoms with Gasteiger partial charge < -0.3 is 4.98 Å². The molecule has 0 unspecified atom stereocenters. The van der Waals surface area contributed by atoms with Crippen molar-refractivity contribution in [2.45, 2.75) is 6.18 Å². The van der Waals surface area contributed by atoms with Crippen molar-refractivity contribution in [2.75, 3.05) is 0 Å². The number of hydrogen-bond acceptors (Lipinski definition) is 1. The summed E-state index contributed by atoms with van der Waals surface area (Å²) in [5.41, 5.74) is -0.212. The Bertz CT molecular complexity index is 790. The van der Waals surface area contributed by atoms with Crippen LogP contribution in [0.2, 0.25) is 5.02 Å². The van der Waals surface area contributed by atoms with Crippen LogP contribution in [0.25, 0.3) is 22.4 Å². The van der Waals surface area contributed by atoms with Gasteiger partial charge in [0, 0.05) is 0 Å². The highest BCUT2D eigenvalue weighted by Gasteiger charge is 2.32. The van der Waals surface area contributed by atoms with E-state index in [4.69, 9.17) is 11.6 Å². The molecular weight excluding hydrogens is 308 g/mol. The highest BCUT2D eigenvalue weighted by atomic mass is 35.5. The summed E-state index contributed by atoms with van der Waals surface area (Å²) in [6.07, 6.45) is -4.61. The molecule has 0 aliphatic heterocycles. The van der Waals surface area contributed by atoms with Crippen molar-refractivity contribution in [3.8, 4) is 11.4 Å². The smallest absolute Gasteiger partial charge is 0.338 e. The predicted octanol–water partition coefficient (Wildman–Crippen LogP) is 5.04. The molecule has 1 heterocycles. The average molecular weight is 315 g/mol. The number of nitrogens with one attached hydrogen (secondary N) is 1. The molecular formula is C14H7ClF4N2. The van der Waals surface area contributed by atoms with E-state index in [0.29, 0.717) is 23.2 Å². The van der Waals surface area contributed by atoms with E-state index >= 15 is 0 Å². The van der Waals surface area contributed by atoms with Gasteiger partial charge in [-0.25, -0.2) is 9.37 Å². The van der Waals surface area contributed by atoms with Crippen molar-refractivity contribution in [3.05, 3.63) is 52.8 Å².